The van der Waals surface area contributed by atoms with Crippen molar-refractivity contribution in [2.75, 3.05) is 6.61 Å². The molecule has 4 nitrogen and oxygen atoms in total. The van der Waals surface area contributed by atoms with Crippen LogP contribution in [0.1, 0.15) is 34.1 Å². The van der Waals surface area contributed by atoms with Crippen molar-refractivity contribution in [3.05, 3.63) is 74.6 Å². The Kier molecular flexibility index (Phi) is 5.80. The monoisotopic (exact) mass is 460 g/mol. The molecule has 138 valence electrons. The fraction of sp³-hybridized carbons (Fsp3) is 0.200. The maximum Gasteiger partial charge on any atom is 0.252 e. The molecular weight excluding hydrogens is 444 g/mol. The molecule has 3 aromatic rings. The zero-order chi connectivity index (χ0) is 18.6. The lowest BCUT2D eigenvalue weighted by Gasteiger charge is -2.27. The summed E-state index contributed by atoms with van der Waals surface area (Å²) in [7, 11) is 0. The molecule has 1 aliphatic heterocycles. The van der Waals surface area contributed by atoms with E-state index in [0.717, 1.165) is 38.5 Å². The molecule has 7 heteroatoms. The largest absolute Gasteiger partial charge is 0.493 e. The van der Waals surface area contributed by atoms with E-state index in [-0.39, 0.29) is 11.9 Å². The lowest BCUT2D eigenvalue weighted by atomic mass is 10.00. The molecule has 1 aliphatic rings. The molecule has 0 saturated heterocycles. The van der Waals surface area contributed by atoms with Crippen molar-refractivity contribution in [1.82, 2.24) is 10.3 Å². The second kappa shape index (κ2) is 8.46. The minimum atomic E-state index is -0.0609. The van der Waals surface area contributed by atoms with E-state index in [1.807, 2.05) is 53.4 Å². The van der Waals surface area contributed by atoms with Gasteiger partial charge in [0.15, 0.2) is 0 Å². The summed E-state index contributed by atoms with van der Waals surface area (Å²) < 4.78 is 6.69. The fourth-order valence-electron chi connectivity index (χ4n) is 2.99. The summed E-state index contributed by atoms with van der Waals surface area (Å²) in [6.45, 7) is 0.597. The maximum atomic E-state index is 13.0. The van der Waals surface area contributed by atoms with Crippen LogP contribution in [0.5, 0.6) is 5.75 Å². The van der Waals surface area contributed by atoms with Crippen LogP contribution >= 0.6 is 39.0 Å². The lowest BCUT2D eigenvalue weighted by Crippen LogP contribution is -2.32. The van der Waals surface area contributed by atoms with Crippen molar-refractivity contribution in [2.24, 2.45) is 0 Å². The van der Waals surface area contributed by atoms with E-state index >= 15 is 0 Å². The molecule has 4 rings (SSSR count). The number of hydrogen-bond acceptors (Lipinski definition) is 5. The molecule has 1 N–H and O–H groups in total. The highest BCUT2D eigenvalue weighted by molar-refractivity contribution is 9.10. The Bertz CT molecular complexity index is 947. The van der Waals surface area contributed by atoms with E-state index in [1.165, 1.54) is 0 Å². The molecule has 1 amide bonds. The zero-order valence-corrected chi connectivity index (χ0v) is 17.6. The Labute approximate surface area is 174 Å². The van der Waals surface area contributed by atoms with E-state index in [9.17, 15) is 4.79 Å². The second-order valence-corrected chi connectivity index (χ2v) is 8.76. The number of thiazole rings is 1. The highest BCUT2D eigenvalue weighted by atomic mass is 79.9. The third-order valence-electron chi connectivity index (χ3n) is 4.31. The summed E-state index contributed by atoms with van der Waals surface area (Å²) in [6.07, 6.45) is 0.753. The van der Waals surface area contributed by atoms with Crippen LogP contribution in [0, 0.1) is 0 Å². The highest BCUT2D eigenvalue weighted by Crippen LogP contribution is 2.35. The van der Waals surface area contributed by atoms with E-state index in [4.69, 9.17) is 4.74 Å². The van der Waals surface area contributed by atoms with Gasteiger partial charge in [0, 0.05) is 32.5 Å². The molecule has 1 unspecified atom stereocenters. The topological polar surface area (TPSA) is 51.2 Å². The molecular formula is C20H17BrN2O2S2. The third-order valence-corrected chi connectivity index (χ3v) is 6.54. The molecule has 27 heavy (non-hydrogen) atoms. The molecule has 0 spiro atoms. The average molecular weight is 461 g/mol. The van der Waals surface area contributed by atoms with Gasteiger partial charge in [-0.15, -0.1) is 23.1 Å². The molecule has 1 atom stereocenters. The van der Waals surface area contributed by atoms with E-state index in [1.54, 1.807) is 23.1 Å². The molecule has 0 saturated carbocycles. The molecule has 1 aromatic heterocycles. The fourth-order valence-corrected chi connectivity index (χ4v) is 4.99. The van der Waals surface area contributed by atoms with Crippen LogP contribution in [0.4, 0.5) is 0 Å². The van der Waals surface area contributed by atoms with Gasteiger partial charge in [-0.2, -0.15) is 0 Å². The standard InChI is InChI=1S/C20H17BrN2O2S2/c21-13-5-6-18-16(9-13)17(7-8-25-18)23-20(24)15-3-1-2-4-19(15)27-11-14-10-26-12-22-14/h1-6,9-10,12,17H,7-8,11H2,(H,23,24). The van der Waals surface area contributed by atoms with E-state index in [2.05, 4.69) is 26.2 Å². The molecule has 2 heterocycles. The number of thioether (sulfide) groups is 1. The number of amides is 1. The van der Waals surface area contributed by atoms with Crippen LogP contribution in [-0.2, 0) is 5.75 Å². The number of nitrogens with zero attached hydrogens (tertiary/aromatic N) is 1. The minimum Gasteiger partial charge on any atom is -0.493 e. The van der Waals surface area contributed by atoms with Gasteiger partial charge in [0.05, 0.1) is 29.4 Å². The highest BCUT2D eigenvalue weighted by Gasteiger charge is 2.24. The second-order valence-electron chi connectivity index (χ2n) is 6.11. The molecule has 0 aliphatic carbocycles. The number of fused-ring (bicyclic) bond motifs is 1. The Hall–Kier alpha value is -1.83. The van der Waals surface area contributed by atoms with Crippen LogP contribution in [0.15, 0.2) is 62.7 Å². The number of hydrogen-bond donors (Lipinski definition) is 1. The van der Waals surface area contributed by atoms with Crippen LogP contribution in [0.3, 0.4) is 0 Å². The number of carbonyl (C=O) groups excluding carboxylic acids is 1. The first-order valence-corrected chi connectivity index (χ1v) is 11.2. The number of aromatic nitrogens is 1. The van der Waals surface area contributed by atoms with Crippen molar-refractivity contribution in [1.29, 1.82) is 0 Å². The number of benzene rings is 2. The quantitative estimate of drug-likeness (QED) is 0.514. The summed E-state index contributed by atoms with van der Waals surface area (Å²) in [5, 5.41) is 5.22. The van der Waals surface area contributed by atoms with Crippen molar-refractivity contribution in [3.8, 4) is 5.75 Å². The minimum absolute atomic E-state index is 0.0599. The van der Waals surface area contributed by atoms with Crippen molar-refractivity contribution < 1.29 is 9.53 Å². The number of halogens is 1. The normalized spacial score (nSPS) is 15.7. The van der Waals surface area contributed by atoms with Gasteiger partial charge in [-0.05, 0) is 30.3 Å². The van der Waals surface area contributed by atoms with Gasteiger partial charge in [0.1, 0.15) is 5.75 Å². The van der Waals surface area contributed by atoms with Gasteiger partial charge >= 0.3 is 0 Å². The number of rotatable bonds is 5. The van der Waals surface area contributed by atoms with Gasteiger partial charge in [0.25, 0.3) is 5.91 Å². The van der Waals surface area contributed by atoms with E-state index in [0.29, 0.717) is 12.2 Å². The zero-order valence-electron chi connectivity index (χ0n) is 14.4. The maximum absolute atomic E-state index is 13.0. The Morgan fingerprint density at radius 2 is 2.22 bits per heavy atom. The van der Waals surface area contributed by atoms with Crippen molar-refractivity contribution >= 4 is 44.9 Å². The van der Waals surface area contributed by atoms with Gasteiger partial charge < -0.3 is 10.1 Å². The summed E-state index contributed by atoms with van der Waals surface area (Å²) >= 11 is 6.72. The molecule has 2 aromatic carbocycles. The Balaban J connectivity index is 1.52. The summed E-state index contributed by atoms with van der Waals surface area (Å²) in [5.41, 5.74) is 4.57. The number of carbonyl (C=O) groups is 1. The number of ether oxygens (including phenoxy) is 1. The Morgan fingerprint density at radius 1 is 1.33 bits per heavy atom. The van der Waals surface area contributed by atoms with Crippen LogP contribution in [0.2, 0.25) is 0 Å². The van der Waals surface area contributed by atoms with Crippen LogP contribution < -0.4 is 10.1 Å². The lowest BCUT2D eigenvalue weighted by molar-refractivity contribution is 0.0922. The molecule has 0 bridgehead atoms. The number of nitrogens with one attached hydrogen (secondary N) is 1. The van der Waals surface area contributed by atoms with Crippen LogP contribution in [0.25, 0.3) is 0 Å². The predicted molar refractivity (Wildman–Crippen MR) is 113 cm³/mol. The first-order chi connectivity index (χ1) is 13.2. The van der Waals surface area contributed by atoms with Gasteiger partial charge in [-0.3, -0.25) is 4.79 Å². The van der Waals surface area contributed by atoms with E-state index < -0.39 is 0 Å². The first kappa shape index (κ1) is 18.5. The first-order valence-electron chi connectivity index (χ1n) is 8.53. The molecule has 0 fully saturated rings. The predicted octanol–water partition coefficient (Wildman–Crippen LogP) is 5.45. The van der Waals surface area contributed by atoms with Crippen molar-refractivity contribution in [3.63, 3.8) is 0 Å². The smallest absolute Gasteiger partial charge is 0.252 e. The summed E-state index contributed by atoms with van der Waals surface area (Å²) in [5.74, 6) is 1.52. The van der Waals surface area contributed by atoms with Crippen LogP contribution in [-0.4, -0.2) is 17.5 Å². The van der Waals surface area contributed by atoms with Gasteiger partial charge in [-0.25, -0.2) is 4.98 Å². The molecule has 0 radical (unpaired) electrons. The third kappa shape index (κ3) is 4.36. The SMILES string of the molecule is O=C(NC1CCOc2ccc(Br)cc21)c1ccccc1SCc1cscn1. The van der Waals surface area contributed by atoms with Gasteiger partial charge in [0.2, 0.25) is 0 Å². The summed E-state index contributed by atoms with van der Waals surface area (Å²) in [4.78, 5) is 18.3. The average Bonchev–Trinajstić information content (AvgIpc) is 3.21. The van der Waals surface area contributed by atoms with Crippen molar-refractivity contribution in [2.45, 2.75) is 23.1 Å². The van der Waals surface area contributed by atoms with Gasteiger partial charge in [-0.1, -0.05) is 28.1 Å². The summed E-state index contributed by atoms with van der Waals surface area (Å²) in [6, 6.07) is 13.6. The Morgan fingerprint density at radius 3 is 3.07 bits per heavy atom.